The summed E-state index contributed by atoms with van der Waals surface area (Å²) in [4.78, 5) is 13.0. The van der Waals surface area contributed by atoms with Gasteiger partial charge in [-0.25, -0.2) is 8.42 Å². The molecule has 1 aliphatic heterocycles. The molecule has 184 valence electrons. The van der Waals surface area contributed by atoms with Crippen molar-refractivity contribution in [1.29, 1.82) is 0 Å². The maximum Gasteiger partial charge on any atom is 0.264 e. The molecule has 0 aliphatic carbocycles. The van der Waals surface area contributed by atoms with Crippen LogP contribution in [0.3, 0.4) is 0 Å². The van der Waals surface area contributed by atoms with Crippen molar-refractivity contribution in [3.63, 3.8) is 0 Å². The first kappa shape index (κ1) is 25.2. The van der Waals surface area contributed by atoms with Crippen molar-refractivity contribution in [2.24, 2.45) is 0 Å². The van der Waals surface area contributed by atoms with E-state index in [1.54, 1.807) is 36.4 Å². The fraction of sp³-hybridized carbons (Fsp3) is 0.240. The molecule has 0 fully saturated rings. The van der Waals surface area contributed by atoms with E-state index < -0.39 is 22.0 Å². The van der Waals surface area contributed by atoms with E-state index in [0.717, 1.165) is 15.4 Å². The molecule has 0 aromatic heterocycles. The van der Waals surface area contributed by atoms with Crippen molar-refractivity contribution in [1.82, 2.24) is 5.32 Å². The average Bonchev–Trinajstić information content (AvgIpc) is 2.83. The van der Waals surface area contributed by atoms with Gasteiger partial charge in [0, 0.05) is 10.0 Å². The molecule has 3 aromatic rings. The Morgan fingerprint density at radius 2 is 1.83 bits per heavy atom. The van der Waals surface area contributed by atoms with Gasteiger partial charge in [0.25, 0.3) is 15.9 Å². The highest BCUT2D eigenvalue weighted by atomic mass is 35.5. The summed E-state index contributed by atoms with van der Waals surface area (Å²) in [5.41, 5.74) is 2.15. The first-order valence-electron chi connectivity index (χ1n) is 10.9. The molecule has 0 saturated carbocycles. The molecule has 0 unspecified atom stereocenters. The summed E-state index contributed by atoms with van der Waals surface area (Å²) in [6.07, 6.45) is -1.06. The molecule has 7 nitrogen and oxygen atoms in total. The molecule has 0 spiro atoms. The van der Waals surface area contributed by atoms with Crippen molar-refractivity contribution in [2.45, 2.75) is 24.8 Å². The Balaban J connectivity index is 1.48. The first-order valence-corrected chi connectivity index (χ1v) is 13.1. The summed E-state index contributed by atoms with van der Waals surface area (Å²) in [5, 5.41) is 3.69. The van der Waals surface area contributed by atoms with Crippen molar-refractivity contribution in [3.05, 3.63) is 81.8 Å². The molecule has 3 aromatic carbocycles. The van der Waals surface area contributed by atoms with Crippen LogP contribution in [0.15, 0.2) is 65.6 Å². The number of benzene rings is 3. The van der Waals surface area contributed by atoms with Crippen molar-refractivity contribution < 1.29 is 22.7 Å². The Bertz CT molecular complexity index is 1350. The van der Waals surface area contributed by atoms with Crippen LogP contribution < -0.4 is 19.1 Å². The SMILES string of the molecule is Cc1ccc(S(=O)(=O)N2C[C@H](C(=O)NCCOc3ccc(C)c(Cl)c3)Oc3ccc(Cl)cc32)cc1. The van der Waals surface area contributed by atoms with Gasteiger partial charge < -0.3 is 14.8 Å². The van der Waals surface area contributed by atoms with E-state index in [-0.39, 0.29) is 36.0 Å². The monoisotopic (exact) mass is 534 g/mol. The number of sulfonamides is 1. The number of hydrogen-bond acceptors (Lipinski definition) is 5. The quantitative estimate of drug-likeness (QED) is 0.441. The third-order valence-electron chi connectivity index (χ3n) is 5.51. The number of anilines is 1. The largest absolute Gasteiger partial charge is 0.492 e. The minimum absolute atomic E-state index is 0.111. The van der Waals surface area contributed by atoms with Gasteiger partial charge >= 0.3 is 0 Å². The Morgan fingerprint density at radius 1 is 1.09 bits per heavy atom. The van der Waals surface area contributed by atoms with Crippen LogP contribution in [-0.2, 0) is 14.8 Å². The maximum absolute atomic E-state index is 13.5. The van der Waals surface area contributed by atoms with Crippen molar-refractivity contribution in [2.75, 3.05) is 24.0 Å². The van der Waals surface area contributed by atoms with Crippen LogP contribution in [0.4, 0.5) is 5.69 Å². The lowest BCUT2D eigenvalue weighted by Crippen LogP contribution is -2.51. The smallest absolute Gasteiger partial charge is 0.264 e. The zero-order valence-electron chi connectivity index (χ0n) is 19.1. The Morgan fingerprint density at radius 3 is 2.54 bits per heavy atom. The topological polar surface area (TPSA) is 84.9 Å². The number of carbonyl (C=O) groups excluding carboxylic acids is 1. The van der Waals surface area contributed by atoms with E-state index in [2.05, 4.69) is 5.32 Å². The van der Waals surface area contributed by atoms with Crippen LogP contribution in [0.25, 0.3) is 0 Å². The standard InChI is InChI=1S/C25H24Cl2N2O5S/c1-16-3-8-20(9-4-16)35(31,32)29-15-24(34-23-10-6-18(26)13-22(23)29)25(30)28-11-12-33-19-7-5-17(2)21(27)14-19/h3-10,13-14,24H,11-12,15H2,1-2H3,(H,28,30)/t24-/m1/s1. The highest BCUT2D eigenvalue weighted by Crippen LogP contribution is 2.38. The number of fused-ring (bicyclic) bond motifs is 1. The second-order valence-corrected chi connectivity index (χ2v) is 10.8. The number of amides is 1. The first-order chi connectivity index (χ1) is 16.6. The van der Waals surface area contributed by atoms with Gasteiger partial charge in [-0.05, 0) is 61.9 Å². The lowest BCUT2D eigenvalue weighted by molar-refractivity contribution is -0.127. The molecule has 1 aliphatic rings. The molecule has 10 heteroatoms. The number of aryl methyl sites for hydroxylation is 2. The highest BCUT2D eigenvalue weighted by Gasteiger charge is 2.37. The van der Waals surface area contributed by atoms with E-state index in [0.29, 0.717) is 15.8 Å². The van der Waals surface area contributed by atoms with Crippen LogP contribution in [0.2, 0.25) is 10.0 Å². The number of hydrogen-bond donors (Lipinski definition) is 1. The summed E-state index contributed by atoms with van der Waals surface area (Å²) >= 11 is 12.2. The van der Waals surface area contributed by atoms with E-state index >= 15 is 0 Å². The summed E-state index contributed by atoms with van der Waals surface area (Å²) in [7, 11) is -3.97. The second-order valence-electron chi connectivity index (χ2n) is 8.12. The Labute approximate surface area is 214 Å². The van der Waals surface area contributed by atoms with Crippen LogP contribution in [0.1, 0.15) is 11.1 Å². The van der Waals surface area contributed by atoms with Gasteiger partial charge in [-0.2, -0.15) is 0 Å². The van der Waals surface area contributed by atoms with Gasteiger partial charge in [-0.3, -0.25) is 9.10 Å². The number of ether oxygens (including phenoxy) is 2. The van der Waals surface area contributed by atoms with E-state index in [1.165, 1.54) is 18.2 Å². The van der Waals surface area contributed by atoms with Crippen LogP contribution in [0.5, 0.6) is 11.5 Å². The number of nitrogens with one attached hydrogen (secondary N) is 1. The van der Waals surface area contributed by atoms with Crippen LogP contribution in [0, 0.1) is 13.8 Å². The second kappa shape index (κ2) is 10.4. The molecule has 35 heavy (non-hydrogen) atoms. The number of nitrogens with zero attached hydrogens (tertiary/aromatic N) is 1. The summed E-state index contributed by atoms with van der Waals surface area (Å²) in [6, 6.07) is 16.5. The van der Waals surface area contributed by atoms with Crippen LogP contribution >= 0.6 is 23.2 Å². The zero-order chi connectivity index (χ0) is 25.2. The fourth-order valence-electron chi connectivity index (χ4n) is 3.55. The highest BCUT2D eigenvalue weighted by molar-refractivity contribution is 7.92. The van der Waals surface area contributed by atoms with Gasteiger partial charge in [0.05, 0.1) is 23.7 Å². The van der Waals surface area contributed by atoms with Gasteiger partial charge in [0.2, 0.25) is 0 Å². The van der Waals surface area contributed by atoms with Crippen LogP contribution in [-0.4, -0.2) is 40.1 Å². The minimum atomic E-state index is -3.97. The van der Waals surface area contributed by atoms with E-state index in [4.69, 9.17) is 32.7 Å². The van der Waals surface area contributed by atoms with Gasteiger partial charge in [0.15, 0.2) is 6.10 Å². The molecule has 0 bridgehead atoms. The Kier molecular flexibility index (Phi) is 7.44. The Hall–Kier alpha value is -2.94. The van der Waals surface area contributed by atoms with E-state index in [1.807, 2.05) is 19.9 Å². The molecule has 1 amide bonds. The molecule has 0 radical (unpaired) electrons. The predicted molar refractivity (Wildman–Crippen MR) is 136 cm³/mol. The zero-order valence-corrected chi connectivity index (χ0v) is 21.5. The molecule has 1 heterocycles. The third kappa shape index (κ3) is 5.66. The molecular formula is C25H24Cl2N2O5S. The minimum Gasteiger partial charge on any atom is -0.492 e. The summed E-state index contributed by atoms with van der Waals surface area (Å²) in [5.74, 6) is 0.382. The number of halogens is 2. The lowest BCUT2D eigenvalue weighted by atomic mass is 10.2. The predicted octanol–water partition coefficient (Wildman–Crippen LogP) is 4.76. The number of carbonyl (C=O) groups is 1. The summed E-state index contributed by atoms with van der Waals surface area (Å²) < 4.78 is 39.6. The molecule has 1 atom stereocenters. The van der Waals surface area contributed by atoms with Crippen molar-refractivity contribution >= 4 is 44.8 Å². The number of rotatable bonds is 7. The third-order valence-corrected chi connectivity index (χ3v) is 7.94. The molecule has 0 saturated heterocycles. The van der Waals surface area contributed by atoms with Crippen molar-refractivity contribution in [3.8, 4) is 11.5 Å². The van der Waals surface area contributed by atoms with Gasteiger partial charge in [-0.15, -0.1) is 0 Å². The van der Waals surface area contributed by atoms with Gasteiger partial charge in [0.1, 0.15) is 18.1 Å². The molecule has 1 N–H and O–H groups in total. The normalized spacial score (nSPS) is 15.2. The molecular weight excluding hydrogens is 511 g/mol. The average molecular weight is 535 g/mol. The summed E-state index contributed by atoms with van der Waals surface area (Å²) in [6.45, 7) is 3.96. The maximum atomic E-state index is 13.5. The van der Waals surface area contributed by atoms with E-state index in [9.17, 15) is 13.2 Å². The fourth-order valence-corrected chi connectivity index (χ4v) is 5.35. The van der Waals surface area contributed by atoms with Gasteiger partial charge in [-0.1, -0.05) is 47.0 Å². The molecule has 4 rings (SSSR count). The lowest BCUT2D eigenvalue weighted by Gasteiger charge is -2.34.